The Balaban J connectivity index is 1.45. The SMILES string of the molecule is COc1ccc(Cc2c(C)nc(C)nc2N2CCCN(C(=O)COc3ccccc3)CC2)cc1. The van der Waals surface area contributed by atoms with Crippen LogP contribution < -0.4 is 14.4 Å². The van der Waals surface area contributed by atoms with Crippen molar-refractivity contribution in [3.05, 3.63) is 77.2 Å². The van der Waals surface area contributed by atoms with Crippen LogP contribution in [0, 0.1) is 13.8 Å². The third kappa shape index (κ3) is 5.84. The number of aryl methyl sites for hydroxylation is 2. The lowest BCUT2D eigenvalue weighted by atomic mass is 10.0. The summed E-state index contributed by atoms with van der Waals surface area (Å²) in [5.41, 5.74) is 3.30. The van der Waals surface area contributed by atoms with Crippen molar-refractivity contribution in [2.75, 3.05) is 44.8 Å². The molecule has 0 aliphatic carbocycles. The maximum atomic E-state index is 12.8. The molecule has 1 aromatic heterocycles. The fourth-order valence-electron chi connectivity index (χ4n) is 4.27. The molecule has 178 valence electrons. The second-order valence-corrected chi connectivity index (χ2v) is 8.51. The number of para-hydroxylation sites is 1. The van der Waals surface area contributed by atoms with E-state index in [0.717, 1.165) is 54.6 Å². The lowest BCUT2D eigenvalue weighted by Crippen LogP contribution is -2.38. The molecule has 0 radical (unpaired) electrons. The Kier molecular flexibility index (Phi) is 7.62. The summed E-state index contributed by atoms with van der Waals surface area (Å²) in [5.74, 6) is 3.30. The van der Waals surface area contributed by atoms with Crippen LogP contribution in [0.5, 0.6) is 11.5 Å². The van der Waals surface area contributed by atoms with Crippen molar-refractivity contribution in [1.82, 2.24) is 14.9 Å². The number of methoxy groups -OCH3 is 1. The molecule has 1 aliphatic heterocycles. The van der Waals surface area contributed by atoms with E-state index in [2.05, 4.69) is 22.0 Å². The first-order valence-electron chi connectivity index (χ1n) is 11.7. The monoisotopic (exact) mass is 460 g/mol. The molecular formula is C27H32N4O3. The van der Waals surface area contributed by atoms with Gasteiger partial charge in [0.05, 0.1) is 7.11 Å². The highest BCUT2D eigenvalue weighted by Crippen LogP contribution is 2.26. The lowest BCUT2D eigenvalue weighted by Gasteiger charge is -2.26. The molecule has 1 amide bonds. The van der Waals surface area contributed by atoms with E-state index < -0.39 is 0 Å². The number of rotatable bonds is 7. The highest BCUT2D eigenvalue weighted by molar-refractivity contribution is 5.78. The van der Waals surface area contributed by atoms with Crippen molar-refractivity contribution >= 4 is 11.7 Å². The minimum absolute atomic E-state index is 0.0132. The summed E-state index contributed by atoms with van der Waals surface area (Å²) in [4.78, 5) is 26.4. The predicted octanol–water partition coefficient (Wildman–Crippen LogP) is 3.81. The van der Waals surface area contributed by atoms with Crippen LogP contribution in [0.4, 0.5) is 5.82 Å². The molecule has 7 nitrogen and oxygen atoms in total. The van der Waals surface area contributed by atoms with Crippen LogP contribution in [0.25, 0.3) is 0 Å². The minimum Gasteiger partial charge on any atom is -0.497 e. The Labute approximate surface area is 201 Å². The Morgan fingerprint density at radius 2 is 1.68 bits per heavy atom. The molecule has 0 N–H and O–H groups in total. The second kappa shape index (κ2) is 11.0. The van der Waals surface area contributed by atoms with Gasteiger partial charge in [0.1, 0.15) is 23.1 Å². The van der Waals surface area contributed by atoms with Crippen molar-refractivity contribution in [2.45, 2.75) is 26.7 Å². The maximum absolute atomic E-state index is 12.8. The Morgan fingerprint density at radius 1 is 0.912 bits per heavy atom. The second-order valence-electron chi connectivity index (χ2n) is 8.51. The zero-order valence-electron chi connectivity index (χ0n) is 20.2. The fraction of sp³-hybridized carbons (Fsp3) is 0.370. The van der Waals surface area contributed by atoms with Gasteiger partial charge < -0.3 is 19.3 Å². The van der Waals surface area contributed by atoms with Gasteiger partial charge in [0, 0.05) is 43.9 Å². The third-order valence-corrected chi connectivity index (χ3v) is 6.10. The van der Waals surface area contributed by atoms with E-state index in [1.165, 1.54) is 5.56 Å². The van der Waals surface area contributed by atoms with Gasteiger partial charge in [-0.1, -0.05) is 30.3 Å². The molecule has 2 heterocycles. The van der Waals surface area contributed by atoms with Crippen molar-refractivity contribution in [1.29, 1.82) is 0 Å². The summed E-state index contributed by atoms with van der Waals surface area (Å²) in [6.07, 6.45) is 1.62. The molecule has 1 fully saturated rings. The van der Waals surface area contributed by atoms with Gasteiger partial charge >= 0.3 is 0 Å². The number of hydrogen-bond donors (Lipinski definition) is 0. The Bertz CT molecular complexity index is 1100. The molecule has 0 spiro atoms. The first kappa shape index (κ1) is 23.5. The number of aromatic nitrogens is 2. The number of nitrogens with zero attached hydrogens (tertiary/aromatic N) is 4. The molecule has 1 saturated heterocycles. The van der Waals surface area contributed by atoms with E-state index in [4.69, 9.17) is 14.5 Å². The van der Waals surface area contributed by atoms with Gasteiger partial charge in [0.25, 0.3) is 5.91 Å². The van der Waals surface area contributed by atoms with Crippen molar-refractivity contribution in [3.8, 4) is 11.5 Å². The molecule has 1 aliphatic rings. The van der Waals surface area contributed by atoms with E-state index >= 15 is 0 Å². The average molecular weight is 461 g/mol. The Morgan fingerprint density at radius 3 is 2.41 bits per heavy atom. The highest BCUT2D eigenvalue weighted by Gasteiger charge is 2.23. The van der Waals surface area contributed by atoms with E-state index in [1.807, 2.05) is 61.2 Å². The summed E-state index contributed by atoms with van der Waals surface area (Å²) in [6.45, 7) is 6.95. The molecular weight excluding hydrogens is 428 g/mol. The molecule has 0 bridgehead atoms. The standard InChI is InChI=1S/C27H32N4O3/c1-20-25(18-22-10-12-23(33-3)13-11-22)27(29-21(2)28-20)31-15-7-14-30(16-17-31)26(32)19-34-24-8-5-4-6-9-24/h4-6,8-13H,7,14-19H2,1-3H3. The number of carbonyl (C=O) groups excluding carboxylic acids is 1. The van der Waals surface area contributed by atoms with Crippen LogP contribution in [0.15, 0.2) is 54.6 Å². The number of ether oxygens (including phenoxy) is 2. The van der Waals surface area contributed by atoms with E-state index in [0.29, 0.717) is 18.8 Å². The first-order valence-corrected chi connectivity index (χ1v) is 11.7. The minimum atomic E-state index is 0.0132. The van der Waals surface area contributed by atoms with Gasteiger partial charge in [-0.3, -0.25) is 4.79 Å². The van der Waals surface area contributed by atoms with Crippen molar-refractivity contribution in [3.63, 3.8) is 0 Å². The van der Waals surface area contributed by atoms with Crippen LogP contribution in [-0.2, 0) is 11.2 Å². The molecule has 34 heavy (non-hydrogen) atoms. The molecule has 0 unspecified atom stereocenters. The predicted molar refractivity (Wildman–Crippen MR) is 133 cm³/mol. The number of anilines is 1. The van der Waals surface area contributed by atoms with Gasteiger partial charge in [-0.2, -0.15) is 0 Å². The van der Waals surface area contributed by atoms with Gasteiger partial charge in [-0.05, 0) is 50.1 Å². The molecule has 3 aromatic rings. The molecule has 0 saturated carbocycles. The van der Waals surface area contributed by atoms with E-state index in [9.17, 15) is 4.79 Å². The Hall–Kier alpha value is -3.61. The smallest absolute Gasteiger partial charge is 0.260 e. The van der Waals surface area contributed by atoms with E-state index in [1.54, 1.807) is 7.11 Å². The summed E-state index contributed by atoms with van der Waals surface area (Å²) in [7, 11) is 1.67. The summed E-state index contributed by atoms with van der Waals surface area (Å²) < 4.78 is 11.0. The van der Waals surface area contributed by atoms with Crippen LogP contribution >= 0.6 is 0 Å². The number of carbonyl (C=O) groups is 1. The van der Waals surface area contributed by atoms with Gasteiger partial charge in [-0.15, -0.1) is 0 Å². The fourth-order valence-corrected chi connectivity index (χ4v) is 4.27. The topological polar surface area (TPSA) is 67.8 Å². The molecule has 4 rings (SSSR count). The van der Waals surface area contributed by atoms with Crippen LogP contribution in [-0.4, -0.2) is 60.7 Å². The number of benzene rings is 2. The third-order valence-electron chi connectivity index (χ3n) is 6.10. The zero-order chi connectivity index (χ0) is 23.9. The van der Waals surface area contributed by atoms with Crippen LogP contribution in [0.1, 0.15) is 29.1 Å². The van der Waals surface area contributed by atoms with Crippen LogP contribution in [0.2, 0.25) is 0 Å². The first-order chi connectivity index (χ1) is 16.5. The maximum Gasteiger partial charge on any atom is 0.260 e. The van der Waals surface area contributed by atoms with Gasteiger partial charge in [0.2, 0.25) is 0 Å². The summed E-state index contributed by atoms with van der Waals surface area (Å²) >= 11 is 0. The highest BCUT2D eigenvalue weighted by atomic mass is 16.5. The van der Waals surface area contributed by atoms with Crippen LogP contribution in [0.3, 0.4) is 0 Å². The zero-order valence-corrected chi connectivity index (χ0v) is 20.2. The van der Waals surface area contributed by atoms with Gasteiger partial charge in [-0.25, -0.2) is 9.97 Å². The largest absolute Gasteiger partial charge is 0.497 e. The van der Waals surface area contributed by atoms with E-state index in [-0.39, 0.29) is 12.5 Å². The lowest BCUT2D eigenvalue weighted by molar-refractivity contribution is -0.133. The number of amides is 1. The summed E-state index contributed by atoms with van der Waals surface area (Å²) in [6, 6.07) is 17.6. The molecule has 0 atom stereocenters. The van der Waals surface area contributed by atoms with Gasteiger partial charge in [0.15, 0.2) is 6.61 Å². The number of hydrogen-bond acceptors (Lipinski definition) is 6. The average Bonchev–Trinajstić information content (AvgIpc) is 3.11. The summed E-state index contributed by atoms with van der Waals surface area (Å²) in [5, 5.41) is 0. The molecule has 2 aromatic carbocycles. The molecule has 7 heteroatoms. The quantitative estimate of drug-likeness (QED) is 0.534. The van der Waals surface area contributed by atoms with Crippen molar-refractivity contribution < 1.29 is 14.3 Å². The normalized spacial score (nSPS) is 14.0. The van der Waals surface area contributed by atoms with Crippen molar-refractivity contribution in [2.24, 2.45) is 0 Å².